The van der Waals surface area contributed by atoms with E-state index in [-0.39, 0.29) is 0 Å². The molecule has 0 saturated heterocycles. The monoisotopic (exact) mass is 392 g/mol. The van der Waals surface area contributed by atoms with Gasteiger partial charge in [-0.3, -0.25) is 20.2 Å². The standard InChI is InChI=1S/C14H8N4O4S3/c19-17(20)24-11-5-1-9(2-6-11)13-15-16-14(23-13)10-3-7-12(8-4-10)25-18(21)22/h1-8H. The zero-order chi connectivity index (χ0) is 17.8. The summed E-state index contributed by atoms with van der Waals surface area (Å²) in [7, 11) is 0. The van der Waals surface area contributed by atoms with E-state index in [1.54, 1.807) is 48.5 Å². The maximum atomic E-state index is 10.5. The molecule has 1 aromatic heterocycles. The molecule has 2 aromatic carbocycles. The third-order valence-corrected chi connectivity index (χ3v) is 5.27. The molecule has 0 unspecified atom stereocenters. The topological polar surface area (TPSA) is 112 Å². The van der Waals surface area contributed by atoms with Crippen LogP contribution in [-0.4, -0.2) is 18.9 Å². The number of benzene rings is 2. The van der Waals surface area contributed by atoms with Crippen LogP contribution in [0.2, 0.25) is 0 Å². The molecule has 0 radical (unpaired) electrons. The molecule has 0 aliphatic heterocycles. The van der Waals surface area contributed by atoms with Crippen LogP contribution in [0, 0.1) is 20.2 Å². The third kappa shape index (κ3) is 4.53. The highest BCUT2D eigenvalue weighted by molar-refractivity contribution is 7.93. The van der Waals surface area contributed by atoms with Gasteiger partial charge in [-0.2, -0.15) is 0 Å². The SMILES string of the molecule is O=[N+]([O-])Sc1ccc(-c2nnc(-c3ccc(S[N+](=O)[O-])cc3)s2)cc1. The van der Waals surface area contributed by atoms with Gasteiger partial charge in [0.15, 0.2) is 0 Å². The van der Waals surface area contributed by atoms with Gasteiger partial charge in [0.05, 0.1) is 9.79 Å². The van der Waals surface area contributed by atoms with Crippen molar-refractivity contribution in [2.45, 2.75) is 9.79 Å². The van der Waals surface area contributed by atoms with Gasteiger partial charge in [-0.05, 0) is 24.3 Å². The van der Waals surface area contributed by atoms with Crippen LogP contribution in [0.4, 0.5) is 0 Å². The fourth-order valence-electron chi connectivity index (χ4n) is 1.95. The van der Waals surface area contributed by atoms with Crippen LogP contribution >= 0.6 is 35.2 Å². The van der Waals surface area contributed by atoms with Crippen LogP contribution < -0.4 is 0 Å². The average Bonchev–Trinajstić information content (AvgIpc) is 3.05. The summed E-state index contributed by atoms with van der Waals surface area (Å²) in [4.78, 5) is 22.0. The number of nitrogens with zero attached hydrogens (tertiary/aromatic N) is 4. The molecule has 8 nitrogen and oxygen atoms in total. The fraction of sp³-hybridized carbons (Fsp3) is 0. The number of nitro groups is 2. The summed E-state index contributed by atoms with van der Waals surface area (Å²) in [5.41, 5.74) is 1.63. The Morgan fingerprint density at radius 3 is 1.40 bits per heavy atom. The number of rotatable bonds is 6. The van der Waals surface area contributed by atoms with Crippen molar-refractivity contribution in [2.75, 3.05) is 0 Å². The van der Waals surface area contributed by atoms with E-state index in [2.05, 4.69) is 10.2 Å². The first-order chi connectivity index (χ1) is 12.0. The lowest BCUT2D eigenvalue weighted by Gasteiger charge is -1.97. The van der Waals surface area contributed by atoms with Crippen LogP contribution in [0.3, 0.4) is 0 Å². The van der Waals surface area contributed by atoms with Crippen LogP contribution in [0.5, 0.6) is 0 Å². The summed E-state index contributed by atoms with van der Waals surface area (Å²) in [6.07, 6.45) is 0. The van der Waals surface area contributed by atoms with E-state index in [4.69, 9.17) is 0 Å². The van der Waals surface area contributed by atoms with Gasteiger partial charge in [-0.15, -0.1) is 10.2 Å². The van der Waals surface area contributed by atoms with Crippen molar-refractivity contribution >= 4 is 35.2 Å². The minimum Gasteiger partial charge on any atom is -0.250 e. The second kappa shape index (κ2) is 7.59. The third-order valence-electron chi connectivity index (χ3n) is 2.99. The van der Waals surface area contributed by atoms with E-state index in [9.17, 15) is 20.2 Å². The zero-order valence-electron chi connectivity index (χ0n) is 12.3. The zero-order valence-corrected chi connectivity index (χ0v) is 14.7. The first-order valence-electron chi connectivity index (χ1n) is 6.70. The van der Waals surface area contributed by atoms with Crippen molar-refractivity contribution in [1.82, 2.24) is 10.2 Å². The molecule has 126 valence electrons. The van der Waals surface area contributed by atoms with Crippen molar-refractivity contribution in [1.29, 1.82) is 0 Å². The van der Waals surface area contributed by atoms with Crippen molar-refractivity contribution in [3.63, 3.8) is 0 Å². The summed E-state index contributed by atoms with van der Waals surface area (Å²) in [6.45, 7) is 0. The summed E-state index contributed by atoms with van der Waals surface area (Å²) in [6, 6.07) is 13.7. The summed E-state index contributed by atoms with van der Waals surface area (Å²) < 4.78 is -0.919. The van der Waals surface area contributed by atoms with Gasteiger partial charge in [0.1, 0.15) is 18.7 Å². The van der Waals surface area contributed by atoms with Crippen LogP contribution in [0.15, 0.2) is 58.3 Å². The average molecular weight is 392 g/mol. The minimum absolute atomic E-state index is 0.459. The molecule has 0 bridgehead atoms. The van der Waals surface area contributed by atoms with Gasteiger partial charge in [0, 0.05) is 11.1 Å². The molecule has 25 heavy (non-hydrogen) atoms. The highest BCUT2D eigenvalue weighted by atomic mass is 32.2. The summed E-state index contributed by atoms with van der Waals surface area (Å²) in [5, 5.41) is 30.6. The van der Waals surface area contributed by atoms with Crippen molar-refractivity contribution in [3.05, 3.63) is 68.8 Å². The highest BCUT2D eigenvalue weighted by Gasteiger charge is 2.11. The Kier molecular flexibility index (Phi) is 5.26. The predicted molar refractivity (Wildman–Crippen MR) is 96.5 cm³/mol. The number of hydrogen-bond donors (Lipinski definition) is 0. The second-order valence-electron chi connectivity index (χ2n) is 4.59. The molecule has 0 atom stereocenters. The van der Waals surface area contributed by atoms with E-state index in [0.29, 0.717) is 43.7 Å². The number of aromatic nitrogens is 2. The molecule has 1 heterocycles. The quantitative estimate of drug-likeness (QED) is 0.344. The molecular formula is C14H8N4O4S3. The Morgan fingerprint density at radius 2 is 1.08 bits per heavy atom. The van der Waals surface area contributed by atoms with Crippen LogP contribution in [0.25, 0.3) is 21.1 Å². The Labute approximate surface area is 153 Å². The molecule has 0 fully saturated rings. The second-order valence-corrected chi connectivity index (χ2v) is 7.47. The smallest absolute Gasteiger partial charge is 0.250 e. The minimum atomic E-state index is -0.459. The van der Waals surface area contributed by atoms with Gasteiger partial charge in [-0.25, -0.2) is 0 Å². The van der Waals surface area contributed by atoms with Crippen LogP contribution in [-0.2, 0) is 0 Å². The molecule has 0 aliphatic rings. The lowest BCUT2D eigenvalue weighted by molar-refractivity contribution is -0.284. The molecule has 0 saturated carbocycles. The van der Waals surface area contributed by atoms with Crippen LogP contribution in [0.1, 0.15) is 0 Å². The van der Waals surface area contributed by atoms with Gasteiger partial charge < -0.3 is 0 Å². The molecule has 3 aromatic rings. The number of hydrogen-bond acceptors (Lipinski definition) is 9. The Bertz CT molecular complexity index is 839. The van der Waals surface area contributed by atoms with Gasteiger partial charge in [-0.1, -0.05) is 35.6 Å². The largest absolute Gasteiger partial charge is 0.265 e. The summed E-state index contributed by atoms with van der Waals surface area (Å²) in [5.74, 6) is 0. The highest BCUT2D eigenvalue weighted by Crippen LogP contribution is 2.32. The normalized spacial score (nSPS) is 10.6. The molecule has 3 rings (SSSR count). The van der Waals surface area contributed by atoms with Gasteiger partial charge >= 0.3 is 0 Å². The lowest BCUT2D eigenvalue weighted by atomic mass is 10.2. The first kappa shape index (κ1) is 17.3. The van der Waals surface area contributed by atoms with E-state index >= 15 is 0 Å². The summed E-state index contributed by atoms with van der Waals surface area (Å²) >= 11 is 2.47. The first-order valence-corrected chi connectivity index (χ1v) is 9.07. The predicted octanol–water partition coefficient (Wildman–Crippen LogP) is 4.44. The Hall–Kier alpha value is -2.50. The molecule has 0 aliphatic carbocycles. The van der Waals surface area contributed by atoms with Crippen molar-refractivity contribution < 1.29 is 8.66 Å². The maximum absolute atomic E-state index is 10.5. The maximum Gasteiger partial charge on any atom is 0.265 e. The van der Waals surface area contributed by atoms with E-state index < -0.39 is 8.66 Å². The molecule has 0 N–H and O–H groups in total. The van der Waals surface area contributed by atoms with Crippen molar-refractivity contribution in [3.8, 4) is 21.1 Å². The van der Waals surface area contributed by atoms with Gasteiger partial charge in [0.25, 0.3) is 23.9 Å². The Balaban J connectivity index is 1.77. The van der Waals surface area contributed by atoms with E-state index in [1.165, 1.54) is 11.3 Å². The van der Waals surface area contributed by atoms with Crippen molar-refractivity contribution in [2.24, 2.45) is 0 Å². The molecule has 0 amide bonds. The van der Waals surface area contributed by atoms with E-state index in [1.807, 2.05) is 0 Å². The molecule has 11 heteroatoms. The molecular weight excluding hydrogens is 384 g/mol. The van der Waals surface area contributed by atoms with E-state index in [0.717, 1.165) is 11.1 Å². The fourth-order valence-corrected chi connectivity index (χ4v) is 3.66. The lowest BCUT2D eigenvalue weighted by Crippen LogP contribution is -1.83. The van der Waals surface area contributed by atoms with Gasteiger partial charge in [0.2, 0.25) is 0 Å². The molecule has 0 spiro atoms. The Morgan fingerprint density at radius 1 is 0.720 bits per heavy atom.